The lowest BCUT2D eigenvalue weighted by Crippen LogP contribution is -2.20. The molecule has 0 spiro atoms. The van der Waals surface area contributed by atoms with Gasteiger partial charge in [0, 0.05) is 10.9 Å². The van der Waals surface area contributed by atoms with Crippen LogP contribution in [0.5, 0.6) is 0 Å². The van der Waals surface area contributed by atoms with Crippen molar-refractivity contribution < 1.29 is 18.8 Å². The standard InChI is InChI=1S/C20H15N3O4S/c1-12-11-28-20(21-12)22-17(24)10-26-19(25)14-7-8-16-15(9-14)18(27-23-16)13-5-3-2-4-6-13/h2-9,11H,10H2,1H3,(H,21,22,24). The summed E-state index contributed by atoms with van der Waals surface area (Å²) in [4.78, 5) is 28.4. The molecule has 4 aromatic rings. The molecule has 7 nitrogen and oxygen atoms in total. The quantitative estimate of drug-likeness (QED) is 0.514. The Morgan fingerprint density at radius 2 is 2.00 bits per heavy atom. The summed E-state index contributed by atoms with van der Waals surface area (Å²) in [5.41, 5.74) is 2.61. The third kappa shape index (κ3) is 3.77. The first-order chi connectivity index (χ1) is 13.6. The lowest BCUT2D eigenvalue weighted by atomic mass is 10.1. The van der Waals surface area contributed by atoms with E-state index in [-0.39, 0.29) is 0 Å². The van der Waals surface area contributed by atoms with E-state index < -0.39 is 18.5 Å². The fourth-order valence-electron chi connectivity index (χ4n) is 2.65. The van der Waals surface area contributed by atoms with Gasteiger partial charge in [0.15, 0.2) is 17.5 Å². The minimum atomic E-state index is -0.604. The summed E-state index contributed by atoms with van der Waals surface area (Å²) in [5.74, 6) is -0.478. The maximum absolute atomic E-state index is 12.4. The predicted molar refractivity (Wildman–Crippen MR) is 105 cm³/mol. The molecule has 0 fully saturated rings. The summed E-state index contributed by atoms with van der Waals surface area (Å²) in [5, 5.41) is 9.60. The molecular weight excluding hydrogens is 378 g/mol. The molecule has 0 saturated carbocycles. The first-order valence-corrected chi connectivity index (χ1v) is 9.32. The zero-order valence-electron chi connectivity index (χ0n) is 14.8. The normalized spacial score (nSPS) is 10.8. The molecule has 0 radical (unpaired) electrons. The number of thiazole rings is 1. The third-order valence-electron chi connectivity index (χ3n) is 3.95. The Kier molecular flexibility index (Phi) is 4.86. The number of benzene rings is 2. The molecule has 140 valence electrons. The number of fused-ring (bicyclic) bond motifs is 1. The Morgan fingerprint density at radius 1 is 1.18 bits per heavy atom. The Hall–Kier alpha value is -3.52. The fourth-order valence-corrected chi connectivity index (χ4v) is 3.35. The average molecular weight is 393 g/mol. The van der Waals surface area contributed by atoms with E-state index in [0.717, 1.165) is 11.3 Å². The van der Waals surface area contributed by atoms with Crippen LogP contribution >= 0.6 is 11.3 Å². The van der Waals surface area contributed by atoms with Crippen molar-refractivity contribution in [2.45, 2.75) is 6.92 Å². The molecule has 0 aliphatic heterocycles. The number of hydrogen-bond donors (Lipinski definition) is 1. The zero-order valence-corrected chi connectivity index (χ0v) is 15.7. The highest BCUT2D eigenvalue weighted by Gasteiger charge is 2.16. The number of carbonyl (C=O) groups is 2. The number of aryl methyl sites for hydroxylation is 1. The van der Waals surface area contributed by atoms with Crippen molar-refractivity contribution in [3.05, 3.63) is 65.2 Å². The largest absolute Gasteiger partial charge is 0.452 e. The summed E-state index contributed by atoms with van der Waals surface area (Å²) in [6.07, 6.45) is 0. The maximum Gasteiger partial charge on any atom is 0.338 e. The fraction of sp³-hybridized carbons (Fsp3) is 0.100. The SMILES string of the molecule is Cc1csc(NC(=O)COC(=O)c2ccc3noc(-c4ccccc4)c3c2)n1. The second kappa shape index (κ2) is 7.61. The smallest absolute Gasteiger partial charge is 0.338 e. The van der Waals surface area contributed by atoms with Crippen LogP contribution in [0.25, 0.3) is 22.2 Å². The average Bonchev–Trinajstić information content (AvgIpc) is 3.32. The number of esters is 1. The summed E-state index contributed by atoms with van der Waals surface area (Å²) >= 11 is 1.31. The highest BCUT2D eigenvalue weighted by Crippen LogP contribution is 2.29. The van der Waals surface area contributed by atoms with Gasteiger partial charge in [-0.15, -0.1) is 11.3 Å². The van der Waals surface area contributed by atoms with Gasteiger partial charge in [0.25, 0.3) is 5.91 Å². The number of rotatable bonds is 5. The number of ether oxygens (including phenoxy) is 1. The molecule has 0 bridgehead atoms. The first kappa shape index (κ1) is 17.9. The Labute approximate surface area is 163 Å². The maximum atomic E-state index is 12.4. The zero-order chi connectivity index (χ0) is 19.5. The molecule has 28 heavy (non-hydrogen) atoms. The van der Waals surface area contributed by atoms with E-state index in [4.69, 9.17) is 9.26 Å². The number of carbonyl (C=O) groups excluding carboxylic acids is 2. The van der Waals surface area contributed by atoms with Gasteiger partial charge in [-0.1, -0.05) is 35.5 Å². The van der Waals surface area contributed by atoms with Gasteiger partial charge in [-0.2, -0.15) is 0 Å². The molecule has 0 aliphatic carbocycles. The van der Waals surface area contributed by atoms with Crippen molar-refractivity contribution in [3.8, 4) is 11.3 Å². The van der Waals surface area contributed by atoms with Gasteiger partial charge < -0.3 is 9.26 Å². The number of anilines is 1. The van der Waals surface area contributed by atoms with Gasteiger partial charge in [-0.3, -0.25) is 10.1 Å². The van der Waals surface area contributed by atoms with Gasteiger partial charge in [-0.05, 0) is 25.1 Å². The van der Waals surface area contributed by atoms with E-state index in [9.17, 15) is 9.59 Å². The number of aromatic nitrogens is 2. The molecule has 1 amide bonds. The van der Waals surface area contributed by atoms with E-state index in [1.54, 1.807) is 18.2 Å². The molecule has 8 heteroatoms. The molecule has 0 saturated heterocycles. The van der Waals surface area contributed by atoms with Crippen molar-refractivity contribution in [1.29, 1.82) is 0 Å². The van der Waals surface area contributed by atoms with E-state index >= 15 is 0 Å². The van der Waals surface area contributed by atoms with Crippen molar-refractivity contribution in [1.82, 2.24) is 10.1 Å². The molecule has 2 aromatic heterocycles. The molecule has 0 aliphatic rings. The third-order valence-corrected chi connectivity index (χ3v) is 4.82. The number of hydrogen-bond acceptors (Lipinski definition) is 7. The summed E-state index contributed by atoms with van der Waals surface area (Å²) in [7, 11) is 0. The van der Waals surface area contributed by atoms with E-state index in [0.29, 0.717) is 27.4 Å². The van der Waals surface area contributed by atoms with Gasteiger partial charge in [0.2, 0.25) is 0 Å². The van der Waals surface area contributed by atoms with Crippen molar-refractivity contribution >= 4 is 39.2 Å². The molecule has 0 unspecified atom stereocenters. The predicted octanol–water partition coefficient (Wildman–Crippen LogP) is 4.06. The van der Waals surface area contributed by atoms with Crippen LogP contribution < -0.4 is 5.32 Å². The van der Waals surface area contributed by atoms with Crippen LogP contribution in [0.1, 0.15) is 16.1 Å². The van der Waals surface area contributed by atoms with E-state index in [1.807, 2.05) is 42.6 Å². The molecule has 2 heterocycles. The minimum Gasteiger partial charge on any atom is -0.452 e. The van der Waals surface area contributed by atoms with Gasteiger partial charge in [0.05, 0.1) is 16.6 Å². The monoisotopic (exact) mass is 393 g/mol. The second-order valence-electron chi connectivity index (χ2n) is 6.03. The van der Waals surface area contributed by atoms with Gasteiger partial charge in [0.1, 0.15) is 5.52 Å². The Bertz CT molecular complexity index is 1150. The van der Waals surface area contributed by atoms with Gasteiger partial charge >= 0.3 is 5.97 Å². The first-order valence-electron chi connectivity index (χ1n) is 8.44. The summed E-state index contributed by atoms with van der Waals surface area (Å²) < 4.78 is 10.5. The topological polar surface area (TPSA) is 94.3 Å². The lowest BCUT2D eigenvalue weighted by Gasteiger charge is -2.05. The summed E-state index contributed by atoms with van der Waals surface area (Å²) in [6, 6.07) is 14.4. The molecule has 0 atom stereocenters. The molecule has 2 aromatic carbocycles. The van der Waals surface area contributed by atoms with Crippen molar-refractivity contribution in [2.75, 3.05) is 11.9 Å². The van der Waals surface area contributed by atoms with Crippen LogP contribution in [0.4, 0.5) is 5.13 Å². The van der Waals surface area contributed by atoms with E-state index in [1.165, 1.54) is 11.3 Å². The van der Waals surface area contributed by atoms with Crippen LogP contribution in [-0.4, -0.2) is 28.6 Å². The Morgan fingerprint density at radius 3 is 2.75 bits per heavy atom. The van der Waals surface area contributed by atoms with Crippen LogP contribution in [0, 0.1) is 6.92 Å². The molecule has 1 N–H and O–H groups in total. The van der Waals surface area contributed by atoms with Crippen LogP contribution in [0.3, 0.4) is 0 Å². The Balaban J connectivity index is 1.47. The second-order valence-corrected chi connectivity index (χ2v) is 6.89. The lowest BCUT2D eigenvalue weighted by molar-refractivity contribution is -0.119. The van der Waals surface area contributed by atoms with E-state index in [2.05, 4.69) is 15.5 Å². The van der Waals surface area contributed by atoms with Crippen LogP contribution in [-0.2, 0) is 9.53 Å². The highest BCUT2D eigenvalue weighted by atomic mass is 32.1. The molecule has 4 rings (SSSR count). The van der Waals surface area contributed by atoms with Crippen molar-refractivity contribution in [3.63, 3.8) is 0 Å². The highest BCUT2D eigenvalue weighted by molar-refractivity contribution is 7.13. The number of nitrogens with zero attached hydrogens (tertiary/aromatic N) is 2. The van der Waals surface area contributed by atoms with Gasteiger partial charge in [-0.25, -0.2) is 9.78 Å². The van der Waals surface area contributed by atoms with Crippen LogP contribution in [0.2, 0.25) is 0 Å². The molecular formula is C20H15N3O4S. The van der Waals surface area contributed by atoms with Crippen LogP contribution in [0.15, 0.2) is 58.4 Å². The minimum absolute atomic E-state index is 0.311. The number of nitrogens with one attached hydrogen (secondary N) is 1. The van der Waals surface area contributed by atoms with Crippen molar-refractivity contribution in [2.24, 2.45) is 0 Å². The number of amides is 1. The summed E-state index contributed by atoms with van der Waals surface area (Å²) in [6.45, 7) is 1.43.